The minimum absolute atomic E-state index is 0.0975. The molecule has 5 aliphatic rings. The van der Waals surface area contributed by atoms with E-state index in [1.165, 1.54) is 13.5 Å². The van der Waals surface area contributed by atoms with Gasteiger partial charge in [-0.15, -0.1) is 0 Å². The number of rotatable bonds is 16. The number of anilines is 4. The number of fused-ring (bicyclic) bond motifs is 4. The van der Waals surface area contributed by atoms with Crippen molar-refractivity contribution in [1.82, 2.24) is 50.2 Å². The van der Waals surface area contributed by atoms with Crippen LogP contribution in [0.1, 0.15) is 120 Å². The number of aliphatic hydroxyl groups is 1. The zero-order valence-electron chi connectivity index (χ0n) is 49.4. The average molecular weight is 1180 g/mol. The Labute approximate surface area is 502 Å². The molecule has 2 atom stereocenters. The Morgan fingerprint density at radius 3 is 1.90 bits per heavy atom. The molecule has 9 aromatic rings. The molecule has 5 N–H and O–H groups in total. The van der Waals surface area contributed by atoms with Crippen LogP contribution in [-0.4, -0.2) is 134 Å². The molecule has 2 aliphatic heterocycles. The predicted octanol–water partition coefficient (Wildman–Crippen LogP) is 11.1. The third-order valence-corrected chi connectivity index (χ3v) is 16.8. The van der Waals surface area contributed by atoms with E-state index in [9.17, 15) is 14.7 Å². The lowest BCUT2D eigenvalue weighted by atomic mass is 10.0. The minimum Gasteiger partial charge on any atom is -0.495 e. The van der Waals surface area contributed by atoms with Crippen molar-refractivity contribution >= 4 is 73.9 Å². The summed E-state index contributed by atoms with van der Waals surface area (Å²) in [5.74, 6) is 3.68. The number of carbonyl (C=O) groups excluding carboxylic acids is 2. The number of hydrogen-bond acceptors (Lipinski definition) is 19. The average Bonchev–Trinajstić information content (AvgIpc) is 1.85. The van der Waals surface area contributed by atoms with Gasteiger partial charge < -0.3 is 58.1 Å². The molecule has 2 saturated heterocycles. The summed E-state index contributed by atoms with van der Waals surface area (Å²) in [7, 11) is 4.66. The molecular formula is C65H70N12O10. The molecule has 0 unspecified atom stereocenters. The normalized spacial score (nSPS) is 18.0. The summed E-state index contributed by atoms with van der Waals surface area (Å²) in [4.78, 5) is 59.3. The van der Waals surface area contributed by atoms with Crippen LogP contribution in [0.4, 0.5) is 23.3 Å². The van der Waals surface area contributed by atoms with Crippen LogP contribution in [0.5, 0.6) is 23.3 Å². The van der Waals surface area contributed by atoms with Crippen molar-refractivity contribution in [3.63, 3.8) is 0 Å². The Balaban J connectivity index is 0.000000161. The molecule has 7 heterocycles. The Hall–Kier alpha value is -9.12. The van der Waals surface area contributed by atoms with E-state index in [0.29, 0.717) is 88.1 Å². The fraction of sp³-hybridized carbons (Fsp3) is 0.385. The second kappa shape index (κ2) is 24.7. The number of likely N-dealkylation sites (tertiary alicyclic amines) is 1. The number of piperidine rings is 1. The highest BCUT2D eigenvalue weighted by Gasteiger charge is 2.35. The summed E-state index contributed by atoms with van der Waals surface area (Å²) in [5, 5.41) is 19.6. The predicted molar refractivity (Wildman–Crippen MR) is 327 cm³/mol. The molecule has 3 aliphatic carbocycles. The Kier molecular flexibility index (Phi) is 16.2. The van der Waals surface area contributed by atoms with Crippen molar-refractivity contribution in [3.8, 4) is 34.4 Å². The highest BCUT2D eigenvalue weighted by Crippen LogP contribution is 2.43. The minimum atomic E-state index is -0.714. The van der Waals surface area contributed by atoms with E-state index in [1.54, 1.807) is 49.5 Å². The van der Waals surface area contributed by atoms with E-state index >= 15 is 0 Å². The molecule has 0 spiro atoms. The number of aryl methyl sites for hydroxylation is 2. The van der Waals surface area contributed by atoms with Crippen molar-refractivity contribution < 1.29 is 47.2 Å². The molecule has 5 aromatic heterocycles. The van der Waals surface area contributed by atoms with Gasteiger partial charge in [0.05, 0.1) is 48.3 Å². The lowest BCUT2D eigenvalue weighted by molar-refractivity contribution is 0.0215. The first-order chi connectivity index (χ1) is 42.4. The summed E-state index contributed by atoms with van der Waals surface area (Å²) in [6.07, 6.45) is 15.7. The van der Waals surface area contributed by atoms with Crippen LogP contribution < -0.4 is 35.0 Å². The topological polar surface area (TPSA) is 262 Å². The molecule has 2 saturated carbocycles. The molecular weight excluding hydrogens is 1110 g/mol. The van der Waals surface area contributed by atoms with E-state index in [0.717, 1.165) is 138 Å². The van der Waals surface area contributed by atoms with Gasteiger partial charge in [-0.1, -0.05) is 24.6 Å². The van der Waals surface area contributed by atoms with Crippen LogP contribution in [0.15, 0.2) is 93.9 Å². The number of ether oxygens (including phenoxy) is 5. The highest BCUT2D eigenvalue weighted by atomic mass is 16.5. The summed E-state index contributed by atoms with van der Waals surface area (Å²) < 4.78 is 41.3. The maximum Gasteiger partial charge on any atom is 0.265 e. The van der Waals surface area contributed by atoms with E-state index in [-0.39, 0.29) is 30.6 Å². The van der Waals surface area contributed by atoms with Crippen molar-refractivity contribution in [2.24, 2.45) is 0 Å². The largest absolute Gasteiger partial charge is 0.495 e. The van der Waals surface area contributed by atoms with Crippen LogP contribution in [0.2, 0.25) is 0 Å². The fourth-order valence-electron chi connectivity index (χ4n) is 12.4. The molecule has 0 bridgehead atoms. The number of oxazole rings is 2. The van der Waals surface area contributed by atoms with Gasteiger partial charge in [0.2, 0.25) is 23.7 Å². The lowest BCUT2D eigenvalue weighted by Crippen LogP contribution is -2.45. The number of H-pyrrole nitrogens is 1. The third-order valence-electron chi connectivity index (χ3n) is 16.8. The van der Waals surface area contributed by atoms with E-state index in [1.807, 2.05) is 67.5 Å². The second-order valence-electron chi connectivity index (χ2n) is 22.8. The van der Waals surface area contributed by atoms with Crippen molar-refractivity contribution in [2.45, 2.75) is 115 Å². The number of aromatic nitrogens is 7. The van der Waals surface area contributed by atoms with Crippen LogP contribution in [0, 0.1) is 13.8 Å². The first-order valence-electron chi connectivity index (χ1n) is 30.0. The van der Waals surface area contributed by atoms with Crippen LogP contribution in [0.3, 0.4) is 0 Å². The molecule has 4 fully saturated rings. The number of aliphatic hydroxyl groups excluding tert-OH is 1. The number of amides is 2. The number of hydrogen-bond donors (Lipinski definition) is 5. The number of nitrogens with zero attached hydrogens (tertiary/aromatic N) is 8. The maximum atomic E-state index is 13.2. The molecule has 0 radical (unpaired) electrons. The van der Waals surface area contributed by atoms with Crippen molar-refractivity contribution in [2.75, 3.05) is 58.1 Å². The zero-order valence-corrected chi connectivity index (χ0v) is 49.4. The van der Waals surface area contributed by atoms with E-state index < -0.39 is 12.2 Å². The van der Waals surface area contributed by atoms with Crippen LogP contribution in [0.25, 0.3) is 49.9 Å². The molecule has 14 rings (SSSR count). The first kappa shape index (κ1) is 57.0. The number of nitrogens with one attached hydrogen (secondary N) is 4. The summed E-state index contributed by atoms with van der Waals surface area (Å²) in [6, 6.07) is 22.5. The number of allylic oxidation sites excluding steroid dienone is 1. The van der Waals surface area contributed by atoms with E-state index in [2.05, 4.69) is 37.1 Å². The van der Waals surface area contributed by atoms with Crippen molar-refractivity contribution in [1.29, 1.82) is 0 Å². The van der Waals surface area contributed by atoms with Gasteiger partial charge in [0, 0.05) is 76.4 Å². The number of carbonyl (C=O) groups is 2. The van der Waals surface area contributed by atoms with Gasteiger partial charge in [-0.05, 0) is 142 Å². The van der Waals surface area contributed by atoms with Gasteiger partial charge in [-0.2, -0.15) is 15.0 Å². The quantitative estimate of drug-likeness (QED) is 0.0602. The number of hydrazine groups is 1. The SMILES string of the molecule is COc1cc(C(=O)N2C[C@@H](O)[C@@H](OC)C2)ccc1Nc1nc2c(c(OC3CCCC3)n1)C(c1ccc3nc(C)oc3c1)=CC2.COc1cc(C(=O)NN2CCCCC2)ccc1Nc1nc(OC2CCCC2)c2c(-c3ccc4nc(C)oc4c3)c[nH]c2n1. The number of β-amino-alcohol motifs (C(OH)–C–C–N with tert-alkyl or cyclic N) is 1. The molecule has 87 heavy (non-hydrogen) atoms. The Morgan fingerprint density at radius 2 is 1.25 bits per heavy atom. The number of aromatic amines is 1. The van der Waals surface area contributed by atoms with Gasteiger partial charge in [0.25, 0.3) is 11.8 Å². The summed E-state index contributed by atoms with van der Waals surface area (Å²) in [6.45, 7) is 5.96. The second-order valence-corrected chi connectivity index (χ2v) is 22.8. The van der Waals surface area contributed by atoms with Gasteiger partial charge in [-0.25, -0.2) is 20.0 Å². The molecule has 2 amide bonds. The molecule has 450 valence electrons. The molecule has 22 heteroatoms. The lowest BCUT2D eigenvalue weighted by Gasteiger charge is -2.26. The number of benzene rings is 4. The monoisotopic (exact) mass is 1180 g/mol. The van der Waals surface area contributed by atoms with Gasteiger partial charge in [0.15, 0.2) is 22.9 Å². The molecule has 4 aromatic carbocycles. The molecule has 22 nitrogen and oxygen atoms in total. The Bertz CT molecular complexity index is 4060. The zero-order chi connectivity index (χ0) is 59.7. The van der Waals surface area contributed by atoms with Gasteiger partial charge in [0.1, 0.15) is 46.5 Å². The van der Waals surface area contributed by atoms with Gasteiger partial charge >= 0.3 is 0 Å². The van der Waals surface area contributed by atoms with Crippen LogP contribution >= 0.6 is 0 Å². The van der Waals surface area contributed by atoms with Crippen LogP contribution in [-0.2, 0) is 11.2 Å². The fourth-order valence-corrected chi connectivity index (χ4v) is 12.4. The highest BCUT2D eigenvalue weighted by molar-refractivity contribution is 6.00. The summed E-state index contributed by atoms with van der Waals surface area (Å²) >= 11 is 0. The Morgan fingerprint density at radius 1 is 0.655 bits per heavy atom. The smallest absolute Gasteiger partial charge is 0.265 e. The van der Waals surface area contributed by atoms with Gasteiger partial charge in [-0.3, -0.25) is 15.0 Å². The first-order valence-corrected chi connectivity index (χ1v) is 30.0. The van der Waals surface area contributed by atoms with E-state index in [4.69, 9.17) is 52.5 Å². The third kappa shape index (κ3) is 12.1. The van der Waals surface area contributed by atoms with Crippen molar-refractivity contribution in [3.05, 3.63) is 125 Å². The maximum absolute atomic E-state index is 13.2. The standard InChI is InChI=1S/C33H35N5O6.C32H35N7O4/c1-18-34-24-11-8-19(14-28(24)43-18)22-10-13-25-30(22)31(44-21-6-4-5-7-21)37-33(36-25)35-23-12-9-20(15-27(23)41-2)32(40)38-16-26(39)29(17-38)42-3;1-19-34-25-12-10-20(16-27(25)42-19)23-18-33-29-28(23)31(43-22-8-4-5-9-22)37-32(36-29)35-24-13-11-21(17-26(24)41-2)30(40)38-39-14-6-3-7-15-39/h8-12,14-15,21,26,29,39H,4-7,13,16-17H2,1-3H3,(H,35,36,37);10-13,16-18,22H,3-9,14-15H2,1-2H3,(H,38,40)(H2,33,35,36,37)/t26-,29+;/m1./s1. The summed E-state index contributed by atoms with van der Waals surface area (Å²) in [5.41, 5.74) is 14.6. The number of methoxy groups -OCH3 is 3.